The molecule has 1 aliphatic heterocycles. The first-order valence-corrected chi connectivity index (χ1v) is 7.23. The highest BCUT2D eigenvalue weighted by Crippen LogP contribution is 2.27. The number of amides is 1. The van der Waals surface area contributed by atoms with E-state index in [9.17, 15) is 4.79 Å². The quantitative estimate of drug-likeness (QED) is 0.874. The molecule has 19 heavy (non-hydrogen) atoms. The standard InChI is InChI=1S/C13H21N5O/c1-2-17(10-3-4-10)13(19)12-9-18(16-15-12)11-5-7-14-8-6-11/h9-11,14H,2-8H2,1H3. The van der Waals surface area contributed by atoms with Crippen molar-refractivity contribution in [3.05, 3.63) is 11.9 Å². The SMILES string of the molecule is CCN(C(=O)c1cn(C2CCNCC2)nn1)C1CC1. The van der Waals surface area contributed by atoms with Crippen LogP contribution in [0.5, 0.6) is 0 Å². The number of carbonyl (C=O) groups excluding carboxylic acids is 1. The van der Waals surface area contributed by atoms with Gasteiger partial charge >= 0.3 is 0 Å². The summed E-state index contributed by atoms with van der Waals surface area (Å²) in [5, 5.41) is 11.5. The van der Waals surface area contributed by atoms with E-state index in [0.717, 1.165) is 45.3 Å². The Labute approximate surface area is 113 Å². The Balaban J connectivity index is 1.71. The summed E-state index contributed by atoms with van der Waals surface area (Å²) in [4.78, 5) is 14.3. The van der Waals surface area contributed by atoms with E-state index in [-0.39, 0.29) is 5.91 Å². The van der Waals surface area contributed by atoms with Gasteiger partial charge < -0.3 is 10.2 Å². The third-order valence-electron chi connectivity index (χ3n) is 4.00. The molecule has 3 rings (SSSR count). The molecule has 104 valence electrons. The van der Waals surface area contributed by atoms with E-state index in [1.165, 1.54) is 0 Å². The molecule has 1 aromatic heterocycles. The molecular formula is C13H21N5O. The zero-order valence-electron chi connectivity index (χ0n) is 11.4. The molecule has 0 aromatic carbocycles. The molecule has 6 heteroatoms. The molecule has 2 aliphatic rings. The summed E-state index contributed by atoms with van der Waals surface area (Å²) >= 11 is 0. The van der Waals surface area contributed by atoms with E-state index in [4.69, 9.17) is 0 Å². The number of piperidine rings is 1. The fraction of sp³-hybridized carbons (Fsp3) is 0.769. The third kappa shape index (κ3) is 2.63. The molecule has 0 radical (unpaired) electrons. The van der Waals surface area contributed by atoms with Gasteiger partial charge in [0.1, 0.15) is 0 Å². The van der Waals surface area contributed by atoms with E-state index in [0.29, 0.717) is 17.8 Å². The number of hydrogen-bond acceptors (Lipinski definition) is 4. The Hall–Kier alpha value is -1.43. The summed E-state index contributed by atoms with van der Waals surface area (Å²) in [7, 11) is 0. The second-order valence-corrected chi connectivity index (χ2v) is 5.39. The van der Waals surface area contributed by atoms with E-state index in [2.05, 4.69) is 15.6 Å². The minimum atomic E-state index is 0.0326. The maximum atomic E-state index is 12.4. The van der Waals surface area contributed by atoms with Crippen molar-refractivity contribution in [3.8, 4) is 0 Å². The van der Waals surface area contributed by atoms with Gasteiger partial charge in [0.25, 0.3) is 5.91 Å². The van der Waals surface area contributed by atoms with Crippen LogP contribution < -0.4 is 5.32 Å². The van der Waals surface area contributed by atoms with Crippen LogP contribution in [0.1, 0.15) is 49.1 Å². The van der Waals surface area contributed by atoms with Crippen LogP contribution in [0.4, 0.5) is 0 Å². The molecular weight excluding hydrogens is 242 g/mol. The summed E-state index contributed by atoms with van der Waals surface area (Å²) in [5.74, 6) is 0.0326. The van der Waals surface area contributed by atoms with Crippen LogP contribution in [0.3, 0.4) is 0 Å². The van der Waals surface area contributed by atoms with Crippen molar-refractivity contribution in [3.63, 3.8) is 0 Å². The number of nitrogens with one attached hydrogen (secondary N) is 1. The van der Waals surface area contributed by atoms with Gasteiger partial charge in [-0.15, -0.1) is 5.10 Å². The van der Waals surface area contributed by atoms with Crippen LogP contribution in [-0.4, -0.2) is 51.5 Å². The van der Waals surface area contributed by atoms with Gasteiger partial charge in [-0.1, -0.05) is 5.21 Å². The maximum absolute atomic E-state index is 12.4. The zero-order valence-corrected chi connectivity index (χ0v) is 11.4. The number of hydrogen-bond donors (Lipinski definition) is 1. The average Bonchev–Trinajstić information content (AvgIpc) is 3.16. The average molecular weight is 263 g/mol. The molecule has 1 saturated heterocycles. The lowest BCUT2D eigenvalue weighted by atomic mass is 10.1. The highest BCUT2D eigenvalue weighted by atomic mass is 16.2. The van der Waals surface area contributed by atoms with Gasteiger partial charge in [0, 0.05) is 12.6 Å². The number of carbonyl (C=O) groups is 1. The van der Waals surface area contributed by atoms with Crippen LogP contribution in [0.15, 0.2) is 6.20 Å². The Morgan fingerprint density at radius 1 is 1.42 bits per heavy atom. The molecule has 2 heterocycles. The molecule has 0 bridgehead atoms. The number of nitrogens with zero attached hydrogens (tertiary/aromatic N) is 4. The van der Waals surface area contributed by atoms with Gasteiger partial charge in [-0.05, 0) is 45.7 Å². The Morgan fingerprint density at radius 2 is 2.16 bits per heavy atom. The second-order valence-electron chi connectivity index (χ2n) is 5.39. The zero-order chi connectivity index (χ0) is 13.2. The van der Waals surface area contributed by atoms with Gasteiger partial charge in [-0.3, -0.25) is 4.79 Å². The number of aromatic nitrogens is 3. The fourth-order valence-electron chi connectivity index (χ4n) is 2.73. The fourth-order valence-corrected chi connectivity index (χ4v) is 2.73. The molecule has 0 atom stereocenters. The van der Waals surface area contributed by atoms with Crippen molar-refractivity contribution in [1.29, 1.82) is 0 Å². The van der Waals surface area contributed by atoms with Crippen molar-refractivity contribution in [2.45, 2.75) is 44.7 Å². The Kier molecular flexibility index (Phi) is 3.50. The smallest absolute Gasteiger partial charge is 0.276 e. The van der Waals surface area contributed by atoms with Gasteiger partial charge in [0.2, 0.25) is 0 Å². The minimum absolute atomic E-state index is 0.0326. The van der Waals surface area contributed by atoms with Gasteiger partial charge in [0.05, 0.1) is 12.2 Å². The summed E-state index contributed by atoms with van der Waals surface area (Å²) in [6.07, 6.45) is 6.18. The second kappa shape index (κ2) is 5.28. The predicted octanol–water partition coefficient (Wildman–Crippen LogP) is 0.827. The van der Waals surface area contributed by atoms with Gasteiger partial charge in [-0.25, -0.2) is 4.68 Å². The van der Waals surface area contributed by atoms with E-state index >= 15 is 0 Å². The first-order chi connectivity index (χ1) is 9.29. The summed E-state index contributed by atoms with van der Waals surface area (Å²) in [6, 6.07) is 0.813. The summed E-state index contributed by atoms with van der Waals surface area (Å²) in [6.45, 7) is 4.80. The predicted molar refractivity (Wildman–Crippen MR) is 70.9 cm³/mol. The van der Waals surface area contributed by atoms with Gasteiger partial charge in [-0.2, -0.15) is 0 Å². The molecule has 1 saturated carbocycles. The van der Waals surface area contributed by atoms with Crippen LogP contribution in [-0.2, 0) is 0 Å². The normalized spacial score (nSPS) is 20.5. The molecule has 6 nitrogen and oxygen atoms in total. The molecule has 2 fully saturated rings. The topological polar surface area (TPSA) is 63.1 Å². The lowest BCUT2D eigenvalue weighted by Crippen LogP contribution is -2.33. The van der Waals surface area contributed by atoms with Crippen LogP contribution in [0.25, 0.3) is 0 Å². The molecule has 1 amide bonds. The maximum Gasteiger partial charge on any atom is 0.276 e. The lowest BCUT2D eigenvalue weighted by Gasteiger charge is -2.22. The van der Waals surface area contributed by atoms with Crippen molar-refractivity contribution in [1.82, 2.24) is 25.2 Å². The Morgan fingerprint density at radius 3 is 2.79 bits per heavy atom. The van der Waals surface area contributed by atoms with E-state index in [1.807, 2.05) is 22.7 Å². The minimum Gasteiger partial charge on any atom is -0.334 e. The van der Waals surface area contributed by atoms with E-state index in [1.54, 1.807) is 0 Å². The first-order valence-electron chi connectivity index (χ1n) is 7.23. The molecule has 0 unspecified atom stereocenters. The molecule has 1 aliphatic carbocycles. The van der Waals surface area contributed by atoms with Crippen LogP contribution in [0.2, 0.25) is 0 Å². The lowest BCUT2D eigenvalue weighted by molar-refractivity contribution is 0.0746. The van der Waals surface area contributed by atoms with Crippen molar-refractivity contribution in [2.24, 2.45) is 0 Å². The van der Waals surface area contributed by atoms with Crippen molar-refractivity contribution < 1.29 is 4.79 Å². The van der Waals surface area contributed by atoms with Crippen molar-refractivity contribution in [2.75, 3.05) is 19.6 Å². The molecule has 0 spiro atoms. The first kappa shape index (κ1) is 12.6. The summed E-state index contributed by atoms with van der Waals surface area (Å²) in [5.41, 5.74) is 0.493. The highest BCUT2D eigenvalue weighted by Gasteiger charge is 2.33. The Bertz CT molecular complexity index is 448. The largest absolute Gasteiger partial charge is 0.334 e. The van der Waals surface area contributed by atoms with Crippen molar-refractivity contribution >= 4 is 5.91 Å². The monoisotopic (exact) mass is 263 g/mol. The van der Waals surface area contributed by atoms with Crippen LogP contribution in [0, 0.1) is 0 Å². The third-order valence-corrected chi connectivity index (χ3v) is 4.00. The summed E-state index contributed by atoms with van der Waals surface area (Å²) < 4.78 is 1.87. The van der Waals surface area contributed by atoms with E-state index < -0.39 is 0 Å². The van der Waals surface area contributed by atoms with Crippen LogP contribution >= 0.6 is 0 Å². The highest BCUT2D eigenvalue weighted by molar-refractivity contribution is 5.92. The number of rotatable bonds is 4. The molecule has 1 N–H and O–H groups in total. The molecule has 1 aromatic rings. The van der Waals surface area contributed by atoms with Gasteiger partial charge in [0.15, 0.2) is 5.69 Å².